The minimum Gasteiger partial charge on any atom is -0.492 e. The van der Waals surface area contributed by atoms with Crippen LogP contribution in [0.2, 0.25) is 0 Å². The summed E-state index contributed by atoms with van der Waals surface area (Å²) >= 11 is 0. The molecule has 6 heteroatoms. The van der Waals surface area contributed by atoms with Crippen LogP contribution in [0.3, 0.4) is 0 Å². The summed E-state index contributed by atoms with van der Waals surface area (Å²) in [7, 11) is 4.08. The molecule has 0 aliphatic heterocycles. The molecule has 0 unspecified atom stereocenters. The van der Waals surface area contributed by atoms with Gasteiger partial charge in [-0.1, -0.05) is 42.0 Å². The van der Waals surface area contributed by atoms with E-state index >= 15 is 0 Å². The Labute approximate surface area is 186 Å². The van der Waals surface area contributed by atoms with E-state index in [1.807, 2.05) is 26.2 Å². The second kappa shape index (κ2) is 13.4. The molecule has 0 heterocycles. The van der Waals surface area contributed by atoms with Gasteiger partial charge in [-0.2, -0.15) is 0 Å². The Morgan fingerprint density at radius 3 is 2.46 bits per heavy atom. The van der Waals surface area contributed by atoms with E-state index < -0.39 is 0 Å². The minimum absolute atomic E-state index is 0. The standard InChI is InChI=1S/C22H32N4O.HI/c1-5-23-22(24-16-19-11-9-18(2)10-12-19)25-17-20-7-6-8-21(15-20)27-14-13-26(3)4;/h6-12,15H,5,13-14,16-17H2,1-4H3,(H2,23,24,25);1H. The van der Waals surface area contributed by atoms with E-state index in [1.165, 1.54) is 11.1 Å². The number of hydrogen-bond donors (Lipinski definition) is 2. The number of aliphatic imine (C=N–C) groups is 1. The van der Waals surface area contributed by atoms with Gasteiger partial charge in [-0.25, -0.2) is 4.99 Å². The topological polar surface area (TPSA) is 48.9 Å². The maximum absolute atomic E-state index is 5.81. The summed E-state index contributed by atoms with van der Waals surface area (Å²) < 4.78 is 5.81. The van der Waals surface area contributed by atoms with Crippen molar-refractivity contribution in [1.29, 1.82) is 0 Å². The number of likely N-dealkylation sites (N-methyl/N-ethyl adjacent to an activating group) is 1. The zero-order valence-electron chi connectivity index (χ0n) is 17.4. The minimum atomic E-state index is 0. The van der Waals surface area contributed by atoms with Gasteiger partial charge in [0.15, 0.2) is 5.96 Å². The Hall–Kier alpha value is -1.80. The van der Waals surface area contributed by atoms with Crippen LogP contribution in [0.4, 0.5) is 0 Å². The van der Waals surface area contributed by atoms with E-state index in [0.717, 1.165) is 36.9 Å². The van der Waals surface area contributed by atoms with Gasteiger partial charge in [-0.3, -0.25) is 0 Å². The van der Waals surface area contributed by atoms with Crippen molar-refractivity contribution in [3.05, 3.63) is 65.2 Å². The van der Waals surface area contributed by atoms with Crippen molar-refractivity contribution in [2.75, 3.05) is 33.8 Å². The van der Waals surface area contributed by atoms with Gasteiger partial charge in [0.2, 0.25) is 0 Å². The highest BCUT2D eigenvalue weighted by atomic mass is 127. The van der Waals surface area contributed by atoms with E-state index in [-0.39, 0.29) is 24.0 Å². The van der Waals surface area contributed by atoms with Crippen molar-refractivity contribution in [3.8, 4) is 5.75 Å². The summed E-state index contributed by atoms with van der Waals surface area (Å²) in [5, 5.41) is 6.69. The van der Waals surface area contributed by atoms with Crippen molar-refractivity contribution in [3.63, 3.8) is 0 Å². The van der Waals surface area contributed by atoms with E-state index in [9.17, 15) is 0 Å². The molecule has 0 saturated heterocycles. The number of benzene rings is 2. The molecule has 28 heavy (non-hydrogen) atoms. The maximum atomic E-state index is 5.81. The van der Waals surface area contributed by atoms with Crippen LogP contribution in [0.15, 0.2) is 53.5 Å². The number of nitrogens with one attached hydrogen (secondary N) is 2. The highest BCUT2D eigenvalue weighted by Crippen LogP contribution is 2.14. The fourth-order valence-electron chi connectivity index (χ4n) is 2.48. The maximum Gasteiger partial charge on any atom is 0.191 e. The molecule has 2 aromatic rings. The van der Waals surface area contributed by atoms with Gasteiger partial charge in [-0.15, -0.1) is 24.0 Å². The highest BCUT2D eigenvalue weighted by Gasteiger charge is 2.01. The van der Waals surface area contributed by atoms with Crippen LogP contribution >= 0.6 is 24.0 Å². The number of hydrogen-bond acceptors (Lipinski definition) is 3. The van der Waals surface area contributed by atoms with Gasteiger partial charge in [0.05, 0.1) is 6.54 Å². The summed E-state index contributed by atoms with van der Waals surface area (Å²) in [5.74, 6) is 1.71. The Balaban J connectivity index is 0.00000392. The lowest BCUT2D eigenvalue weighted by atomic mass is 10.1. The van der Waals surface area contributed by atoms with Crippen molar-refractivity contribution in [2.24, 2.45) is 4.99 Å². The first-order valence-corrected chi connectivity index (χ1v) is 9.51. The summed E-state index contributed by atoms with van der Waals surface area (Å²) in [4.78, 5) is 6.80. The van der Waals surface area contributed by atoms with Crippen LogP contribution in [0.25, 0.3) is 0 Å². The molecule has 5 nitrogen and oxygen atoms in total. The number of ether oxygens (including phenoxy) is 1. The third-order valence-electron chi connectivity index (χ3n) is 4.05. The quantitative estimate of drug-likeness (QED) is 0.315. The fourth-order valence-corrected chi connectivity index (χ4v) is 2.48. The highest BCUT2D eigenvalue weighted by molar-refractivity contribution is 14.0. The summed E-state index contributed by atoms with van der Waals surface area (Å²) in [6.07, 6.45) is 0. The van der Waals surface area contributed by atoms with Crippen LogP contribution in [0.5, 0.6) is 5.75 Å². The first kappa shape index (κ1) is 24.2. The molecule has 2 N–H and O–H groups in total. The van der Waals surface area contributed by atoms with Gasteiger partial charge < -0.3 is 20.3 Å². The molecule has 0 radical (unpaired) electrons. The largest absolute Gasteiger partial charge is 0.492 e. The molecule has 0 amide bonds. The lowest BCUT2D eigenvalue weighted by Crippen LogP contribution is -2.36. The van der Waals surface area contributed by atoms with Crippen LogP contribution in [-0.2, 0) is 13.1 Å². The van der Waals surface area contributed by atoms with E-state index in [2.05, 4.69) is 65.8 Å². The third kappa shape index (κ3) is 9.41. The zero-order valence-corrected chi connectivity index (χ0v) is 19.7. The second-order valence-corrected chi connectivity index (χ2v) is 6.83. The van der Waals surface area contributed by atoms with Crippen molar-refractivity contribution < 1.29 is 4.74 Å². The molecule has 0 fully saturated rings. The normalized spacial score (nSPS) is 11.1. The Morgan fingerprint density at radius 2 is 1.79 bits per heavy atom. The molecule has 0 aliphatic carbocycles. The number of halogens is 1. The molecule has 0 spiro atoms. The Kier molecular flexibility index (Phi) is 11.6. The zero-order chi connectivity index (χ0) is 19.5. The van der Waals surface area contributed by atoms with Crippen LogP contribution < -0.4 is 15.4 Å². The number of guanidine groups is 1. The monoisotopic (exact) mass is 496 g/mol. The average molecular weight is 496 g/mol. The van der Waals surface area contributed by atoms with Gasteiger partial charge >= 0.3 is 0 Å². The Morgan fingerprint density at radius 1 is 1.04 bits per heavy atom. The molecular weight excluding hydrogens is 463 g/mol. The first-order valence-electron chi connectivity index (χ1n) is 9.51. The fraction of sp³-hybridized carbons (Fsp3) is 0.409. The SMILES string of the molecule is CCNC(=NCc1cccc(OCCN(C)C)c1)NCc1ccc(C)cc1.I. The number of rotatable bonds is 9. The first-order chi connectivity index (χ1) is 13.1. The Bertz CT molecular complexity index is 717. The van der Waals surface area contributed by atoms with Crippen molar-refractivity contribution >= 4 is 29.9 Å². The van der Waals surface area contributed by atoms with Crippen LogP contribution in [-0.4, -0.2) is 44.7 Å². The molecule has 0 saturated carbocycles. The molecule has 0 aromatic heterocycles. The molecule has 2 rings (SSSR count). The number of aryl methyl sites for hydroxylation is 1. The van der Waals surface area contributed by atoms with E-state index in [4.69, 9.17) is 9.73 Å². The van der Waals surface area contributed by atoms with Crippen LogP contribution in [0, 0.1) is 6.92 Å². The van der Waals surface area contributed by atoms with Crippen molar-refractivity contribution in [2.45, 2.75) is 26.9 Å². The third-order valence-corrected chi connectivity index (χ3v) is 4.05. The van der Waals surface area contributed by atoms with E-state index in [0.29, 0.717) is 13.2 Å². The van der Waals surface area contributed by atoms with Gasteiger partial charge in [0.25, 0.3) is 0 Å². The molecule has 2 aromatic carbocycles. The molecule has 0 aliphatic rings. The van der Waals surface area contributed by atoms with Crippen molar-refractivity contribution in [1.82, 2.24) is 15.5 Å². The molecular formula is C22H33IN4O. The smallest absolute Gasteiger partial charge is 0.191 e. The van der Waals surface area contributed by atoms with Crippen LogP contribution in [0.1, 0.15) is 23.6 Å². The van der Waals surface area contributed by atoms with E-state index in [1.54, 1.807) is 0 Å². The second-order valence-electron chi connectivity index (χ2n) is 6.83. The van der Waals surface area contributed by atoms with Gasteiger partial charge in [-0.05, 0) is 51.2 Å². The summed E-state index contributed by atoms with van der Waals surface area (Å²) in [5.41, 5.74) is 3.64. The molecule has 0 atom stereocenters. The lowest BCUT2D eigenvalue weighted by Gasteiger charge is -2.13. The molecule has 154 valence electrons. The average Bonchev–Trinajstić information content (AvgIpc) is 2.65. The van der Waals surface area contributed by atoms with Gasteiger partial charge in [0, 0.05) is 19.6 Å². The number of nitrogens with zero attached hydrogens (tertiary/aromatic N) is 2. The lowest BCUT2D eigenvalue weighted by molar-refractivity contribution is 0.261. The predicted octanol–water partition coefficient (Wildman–Crippen LogP) is 3.81. The summed E-state index contributed by atoms with van der Waals surface area (Å²) in [6.45, 7) is 7.93. The summed E-state index contributed by atoms with van der Waals surface area (Å²) in [6, 6.07) is 16.7. The van der Waals surface area contributed by atoms with Gasteiger partial charge in [0.1, 0.15) is 12.4 Å². The molecule has 0 bridgehead atoms. The predicted molar refractivity (Wildman–Crippen MR) is 129 cm³/mol.